The highest BCUT2D eigenvalue weighted by Crippen LogP contribution is 2.64. The number of allylic oxidation sites excluding steroid dienone is 2. The Bertz CT molecular complexity index is 993. The molecule has 0 radical (unpaired) electrons. The molecule has 0 aromatic heterocycles. The number of aliphatic hydroxyl groups is 1. The number of nitro benzene ring substituents is 1. The molecule has 4 aliphatic carbocycles. The Kier molecular flexibility index (Phi) is 4.74. The number of Topliss-reactive ketones (excluding diaryl/α,β-unsaturated/α-hetero) is 1. The van der Waals surface area contributed by atoms with Crippen LogP contribution in [0.25, 0.3) is 6.08 Å². The van der Waals surface area contributed by atoms with E-state index in [0.29, 0.717) is 17.8 Å². The van der Waals surface area contributed by atoms with Crippen molar-refractivity contribution in [1.82, 2.24) is 0 Å². The number of nitrogens with zero attached hydrogens (tertiary/aromatic N) is 1. The Hall–Kier alpha value is -2.27. The number of hydrogen-bond donors (Lipinski definition) is 1. The maximum atomic E-state index is 13.5. The highest BCUT2D eigenvalue weighted by Gasteiger charge is 2.59. The van der Waals surface area contributed by atoms with Crippen LogP contribution in [-0.2, 0) is 4.79 Å². The van der Waals surface area contributed by atoms with E-state index in [1.165, 1.54) is 17.7 Å². The number of rotatable bonds is 2. The number of hydrogen-bond acceptors (Lipinski definition) is 4. The van der Waals surface area contributed by atoms with Crippen LogP contribution in [0, 0.1) is 38.7 Å². The first-order valence-corrected chi connectivity index (χ1v) is 11.6. The summed E-state index contributed by atoms with van der Waals surface area (Å²) >= 11 is 0. The average Bonchev–Trinajstić information content (AvgIpc) is 2.99. The van der Waals surface area contributed by atoms with Crippen LogP contribution in [0.1, 0.15) is 64.4 Å². The van der Waals surface area contributed by atoms with E-state index in [2.05, 4.69) is 19.9 Å². The Balaban J connectivity index is 1.44. The summed E-state index contributed by atoms with van der Waals surface area (Å²) in [6.07, 6.45) is 10.7. The summed E-state index contributed by atoms with van der Waals surface area (Å²) in [5, 5.41) is 21.1. The number of carbonyl (C=O) groups excluding carboxylic acids is 1. The van der Waals surface area contributed by atoms with E-state index in [-0.39, 0.29) is 28.4 Å². The van der Waals surface area contributed by atoms with Gasteiger partial charge in [0.05, 0.1) is 11.0 Å². The summed E-state index contributed by atoms with van der Waals surface area (Å²) in [5.74, 6) is 1.72. The molecule has 1 aromatic rings. The molecule has 5 rings (SSSR count). The quantitative estimate of drug-likeness (QED) is 0.297. The van der Waals surface area contributed by atoms with Gasteiger partial charge in [0, 0.05) is 17.5 Å². The highest BCUT2D eigenvalue weighted by atomic mass is 16.6. The lowest BCUT2D eigenvalue weighted by Gasteiger charge is -2.56. The van der Waals surface area contributed by atoms with Gasteiger partial charge in [0.2, 0.25) is 0 Å². The number of aliphatic hydroxyl groups excluding tert-OH is 1. The van der Waals surface area contributed by atoms with Gasteiger partial charge in [0.15, 0.2) is 5.78 Å². The second-order valence-corrected chi connectivity index (χ2v) is 10.7. The van der Waals surface area contributed by atoms with Crippen LogP contribution >= 0.6 is 0 Å². The third-order valence-corrected chi connectivity index (χ3v) is 9.16. The smallest absolute Gasteiger partial charge is 0.269 e. The summed E-state index contributed by atoms with van der Waals surface area (Å²) in [4.78, 5) is 24.0. The highest BCUT2D eigenvalue weighted by molar-refractivity contribution is 6.06. The molecule has 0 unspecified atom stereocenters. The molecule has 0 aliphatic heterocycles. The van der Waals surface area contributed by atoms with E-state index in [9.17, 15) is 20.0 Å². The van der Waals surface area contributed by atoms with E-state index < -0.39 is 4.92 Å². The third kappa shape index (κ3) is 3.12. The van der Waals surface area contributed by atoms with Crippen molar-refractivity contribution >= 4 is 17.5 Å². The number of fused-ring (bicyclic) bond motifs is 5. The molecule has 0 saturated heterocycles. The predicted molar refractivity (Wildman–Crippen MR) is 119 cm³/mol. The molecule has 0 spiro atoms. The number of benzene rings is 1. The predicted octanol–water partition coefficient (Wildman–Crippen LogP) is 5.48. The lowest BCUT2D eigenvalue weighted by Crippen LogP contribution is -2.50. The summed E-state index contributed by atoms with van der Waals surface area (Å²) in [5.41, 5.74) is 3.11. The minimum absolute atomic E-state index is 0.0685. The van der Waals surface area contributed by atoms with Gasteiger partial charge in [-0.1, -0.05) is 25.5 Å². The van der Waals surface area contributed by atoms with Gasteiger partial charge in [-0.05, 0) is 97.5 Å². The van der Waals surface area contributed by atoms with Gasteiger partial charge in [-0.25, -0.2) is 0 Å². The van der Waals surface area contributed by atoms with Gasteiger partial charge >= 0.3 is 0 Å². The summed E-state index contributed by atoms with van der Waals surface area (Å²) in [6, 6.07) is 6.47. The van der Waals surface area contributed by atoms with Crippen LogP contribution in [0.4, 0.5) is 5.69 Å². The molecule has 1 N–H and O–H groups in total. The second-order valence-electron chi connectivity index (χ2n) is 10.7. The molecule has 6 atom stereocenters. The summed E-state index contributed by atoms with van der Waals surface area (Å²) < 4.78 is 0. The van der Waals surface area contributed by atoms with E-state index in [4.69, 9.17) is 0 Å². The van der Waals surface area contributed by atoms with Crippen molar-refractivity contribution in [2.45, 2.75) is 64.9 Å². The summed E-state index contributed by atoms with van der Waals surface area (Å²) in [6.45, 7) is 4.56. The number of non-ortho nitro benzene ring substituents is 1. The first-order valence-electron chi connectivity index (χ1n) is 11.6. The largest absolute Gasteiger partial charge is 0.393 e. The SMILES string of the molecule is C[C@]12CC[C@@H](O)CC1=CC[C@H]1[C@H]2CC[C@]2(C)C(=O)/C(=C\c3ccc([N+](=O)[O-])cc3)C[C@H]12. The molecular formula is C26H31NO4. The Morgan fingerprint density at radius 2 is 1.77 bits per heavy atom. The van der Waals surface area contributed by atoms with Gasteiger partial charge in [-0.2, -0.15) is 0 Å². The standard InChI is InChI=1S/C26H31NO4/c1-25-11-9-20(28)15-18(25)5-8-21-22(25)10-12-26(2)23(21)14-17(24(26)29)13-16-3-6-19(7-4-16)27(30)31/h3-7,13,20-23,28H,8-12,14-15H2,1-2H3/b17-13-/t20-,21+,22-,23-,25+,26+/m1/s1. The fourth-order valence-electron chi connectivity index (χ4n) is 7.33. The molecule has 5 heteroatoms. The Morgan fingerprint density at radius 3 is 2.48 bits per heavy atom. The first kappa shape index (κ1) is 20.6. The van der Waals surface area contributed by atoms with Crippen molar-refractivity contribution in [3.05, 3.63) is 57.2 Å². The normalized spacial score (nSPS) is 40.7. The molecule has 3 saturated carbocycles. The fraction of sp³-hybridized carbons (Fsp3) is 0.577. The van der Waals surface area contributed by atoms with E-state index >= 15 is 0 Å². The molecular weight excluding hydrogens is 390 g/mol. The van der Waals surface area contributed by atoms with Crippen LogP contribution in [0.3, 0.4) is 0 Å². The van der Waals surface area contributed by atoms with Crippen LogP contribution in [-0.4, -0.2) is 21.9 Å². The minimum Gasteiger partial charge on any atom is -0.393 e. The minimum atomic E-state index is -0.400. The van der Waals surface area contributed by atoms with Gasteiger partial charge < -0.3 is 5.11 Å². The molecule has 31 heavy (non-hydrogen) atoms. The Morgan fingerprint density at radius 1 is 1.06 bits per heavy atom. The van der Waals surface area contributed by atoms with Crippen LogP contribution < -0.4 is 0 Å². The number of ketones is 1. The van der Waals surface area contributed by atoms with Crippen molar-refractivity contribution in [3.63, 3.8) is 0 Å². The zero-order valence-corrected chi connectivity index (χ0v) is 18.3. The molecule has 164 valence electrons. The number of carbonyl (C=O) groups is 1. The fourth-order valence-corrected chi connectivity index (χ4v) is 7.33. The molecule has 0 heterocycles. The zero-order chi connectivity index (χ0) is 22.0. The molecule has 0 amide bonds. The molecule has 1 aromatic carbocycles. The third-order valence-electron chi connectivity index (χ3n) is 9.16. The second kappa shape index (κ2) is 7.13. The summed E-state index contributed by atoms with van der Waals surface area (Å²) in [7, 11) is 0. The van der Waals surface area contributed by atoms with Crippen LogP contribution in [0.2, 0.25) is 0 Å². The lowest BCUT2D eigenvalue weighted by atomic mass is 9.48. The average molecular weight is 422 g/mol. The van der Waals surface area contributed by atoms with Crippen LogP contribution in [0.5, 0.6) is 0 Å². The molecule has 5 nitrogen and oxygen atoms in total. The molecule has 0 bridgehead atoms. The topological polar surface area (TPSA) is 80.4 Å². The van der Waals surface area contributed by atoms with Gasteiger partial charge in [0.25, 0.3) is 5.69 Å². The van der Waals surface area contributed by atoms with Crippen molar-refractivity contribution in [1.29, 1.82) is 0 Å². The maximum absolute atomic E-state index is 13.5. The van der Waals surface area contributed by atoms with E-state index in [0.717, 1.165) is 56.1 Å². The van der Waals surface area contributed by atoms with Gasteiger partial charge in [0.1, 0.15) is 0 Å². The van der Waals surface area contributed by atoms with E-state index in [1.54, 1.807) is 12.1 Å². The van der Waals surface area contributed by atoms with Gasteiger partial charge in [-0.3, -0.25) is 14.9 Å². The number of nitro groups is 1. The lowest BCUT2D eigenvalue weighted by molar-refractivity contribution is -0.384. The molecule has 3 fully saturated rings. The van der Waals surface area contributed by atoms with Crippen molar-refractivity contribution in [2.75, 3.05) is 0 Å². The zero-order valence-electron chi connectivity index (χ0n) is 18.3. The van der Waals surface area contributed by atoms with Crippen LogP contribution in [0.15, 0.2) is 41.5 Å². The monoisotopic (exact) mass is 421 g/mol. The van der Waals surface area contributed by atoms with Crippen molar-refractivity contribution in [2.24, 2.45) is 28.6 Å². The Labute approximate surface area is 183 Å². The van der Waals surface area contributed by atoms with E-state index in [1.807, 2.05) is 6.08 Å². The van der Waals surface area contributed by atoms with Crippen molar-refractivity contribution in [3.8, 4) is 0 Å². The maximum Gasteiger partial charge on any atom is 0.269 e. The molecule has 4 aliphatic rings. The first-order chi connectivity index (χ1) is 14.7. The van der Waals surface area contributed by atoms with Crippen molar-refractivity contribution < 1.29 is 14.8 Å². The van der Waals surface area contributed by atoms with Gasteiger partial charge in [-0.15, -0.1) is 0 Å².